The molecule has 0 radical (unpaired) electrons. The third-order valence-corrected chi connectivity index (χ3v) is 5.28. The van der Waals surface area contributed by atoms with Gasteiger partial charge in [-0.15, -0.1) is 0 Å². The SMILES string of the molecule is CN1CCC(NC(=O)c2cc(F)c([N+](=O)[O-])cc2F)CC1.O=C(O)C1(F)C=C(F)C([N+](=O)[O-])=CC1. The van der Waals surface area contributed by atoms with Crippen LogP contribution in [0.2, 0.25) is 0 Å². The third kappa shape index (κ3) is 6.81. The van der Waals surface area contributed by atoms with Crippen molar-refractivity contribution in [1.82, 2.24) is 10.2 Å². The molecular weight excluding hydrogens is 484 g/mol. The molecule has 2 aliphatic rings. The summed E-state index contributed by atoms with van der Waals surface area (Å²) in [6.07, 6.45) is 1.42. The minimum Gasteiger partial charge on any atom is -0.479 e. The van der Waals surface area contributed by atoms with E-state index in [0.717, 1.165) is 25.9 Å². The molecule has 11 nitrogen and oxygen atoms in total. The number of piperidine rings is 1. The van der Waals surface area contributed by atoms with Crippen LogP contribution in [0.1, 0.15) is 29.6 Å². The van der Waals surface area contributed by atoms with Gasteiger partial charge in [-0.3, -0.25) is 25.0 Å². The highest BCUT2D eigenvalue weighted by Gasteiger charge is 2.42. The molecule has 3 rings (SSSR count). The number of nitrogens with one attached hydrogen (secondary N) is 1. The fourth-order valence-corrected chi connectivity index (χ4v) is 3.25. The normalized spacial score (nSPS) is 20.6. The number of carboxylic acid groups (broad SMARTS) is 1. The zero-order valence-corrected chi connectivity index (χ0v) is 18.2. The number of halogens is 4. The van der Waals surface area contributed by atoms with Crippen molar-refractivity contribution in [3.05, 3.63) is 73.2 Å². The second kappa shape index (κ2) is 11.0. The van der Waals surface area contributed by atoms with Gasteiger partial charge in [0.2, 0.25) is 11.5 Å². The topological polar surface area (TPSA) is 156 Å². The molecule has 1 unspecified atom stereocenters. The van der Waals surface area contributed by atoms with Crippen molar-refractivity contribution < 1.29 is 42.1 Å². The number of benzene rings is 1. The first-order valence-electron chi connectivity index (χ1n) is 10.0. The summed E-state index contributed by atoms with van der Waals surface area (Å²) < 4.78 is 53.2. The first-order valence-corrected chi connectivity index (χ1v) is 10.0. The van der Waals surface area contributed by atoms with E-state index in [1.54, 1.807) is 0 Å². The number of rotatable bonds is 5. The molecule has 0 saturated carbocycles. The fourth-order valence-electron chi connectivity index (χ4n) is 3.25. The van der Waals surface area contributed by atoms with Gasteiger partial charge in [0.05, 0.1) is 21.5 Å². The number of carboxylic acids is 1. The first-order chi connectivity index (χ1) is 16.2. The Kier molecular flexibility index (Phi) is 8.62. The molecule has 1 aromatic carbocycles. The summed E-state index contributed by atoms with van der Waals surface area (Å²) in [5, 5.41) is 31.6. The molecule has 1 heterocycles. The molecule has 1 aliphatic heterocycles. The molecule has 15 heteroatoms. The maximum Gasteiger partial charge on any atom is 0.346 e. The molecule has 1 atom stereocenters. The van der Waals surface area contributed by atoms with E-state index in [0.29, 0.717) is 18.2 Å². The van der Waals surface area contributed by atoms with Crippen LogP contribution in [0.5, 0.6) is 0 Å². The van der Waals surface area contributed by atoms with Crippen molar-refractivity contribution >= 4 is 17.6 Å². The Morgan fingerprint density at radius 2 is 1.71 bits per heavy atom. The van der Waals surface area contributed by atoms with Gasteiger partial charge >= 0.3 is 17.4 Å². The Bertz CT molecular complexity index is 1100. The molecule has 1 aromatic rings. The van der Waals surface area contributed by atoms with Crippen molar-refractivity contribution in [2.45, 2.75) is 31.0 Å². The fraction of sp³-hybridized carbons (Fsp3) is 0.400. The van der Waals surface area contributed by atoms with E-state index in [9.17, 15) is 47.4 Å². The Hall–Kier alpha value is -3.88. The molecule has 190 valence electrons. The zero-order valence-electron chi connectivity index (χ0n) is 18.2. The van der Waals surface area contributed by atoms with Gasteiger partial charge in [0.15, 0.2) is 5.83 Å². The number of nitro benzene ring substituents is 1. The summed E-state index contributed by atoms with van der Waals surface area (Å²) in [6, 6.07) is 0.891. The van der Waals surface area contributed by atoms with Crippen molar-refractivity contribution in [2.75, 3.05) is 20.1 Å². The van der Waals surface area contributed by atoms with Crippen molar-refractivity contribution in [3.8, 4) is 0 Å². The smallest absolute Gasteiger partial charge is 0.346 e. The summed E-state index contributed by atoms with van der Waals surface area (Å²) in [5.74, 6) is -6.42. The van der Waals surface area contributed by atoms with Gasteiger partial charge in [-0.2, -0.15) is 8.78 Å². The van der Waals surface area contributed by atoms with E-state index >= 15 is 0 Å². The Morgan fingerprint density at radius 1 is 1.11 bits per heavy atom. The molecule has 35 heavy (non-hydrogen) atoms. The van der Waals surface area contributed by atoms with E-state index in [1.807, 2.05) is 7.05 Å². The minimum absolute atomic E-state index is 0.105. The monoisotopic (exact) mass is 504 g/mol. The number of nitro groups is 2. The molecule has 0 aromatic heterocycles. The van der Waals surface area contributed by atoms with E-state index in [-0.39, 0.29) is 12.1 Å². The average Bonchev–Trinajstić information content (AvgIpc) is 2.76. The summed E-state index contributed by atoms with van der Waals surface area (Å²) in [5.41, 5.74) is -5.29. The van der Waals surface area contributed by atoms with E-state index < -0.39 is 68.2 Å². The zero-order chi connectivity index (χ0) is 26.5. The molecule has 0 bridgehead atoms. The lowest BCUT2D eigenvalue weighted by Gasteiger charge is -2.29. The highest BCUT2D eigenvalue weighted by atomic mass is 19.2. The van der Waals surface area contributed by atoms with Crippen LogP contribution < -0.4 is 5.32 Å². The lowest BCUT2D eigenvalue weighted by atomic mass is 9.96. The summed E-state index contributed by atoms with van der Waals surface area (Å²) in [4.78, 5) is 42.9. The van der Waals surface area contributed by atoms with Gasteiger partial charge in [0.1, 0.15) is 5.82 Å². The van der Waals surface area contributed by atoms with Crippen LogP contribution in [-0.2, 0) is 4.79 Å². The minimum atomic E-state index is -2.89. The van der Waals surface area contributed by atoms with Crippen molar-refractivity contribution in [3.63, 3.8) is 0 Å². The van der Waals surface area contributed by atoms with Gasteiger partial charge in [0, 0.05) is 24.6 Å². The van der Waals surface area contributed by atoms with Crippen molar-refractivity contribution in [2.24, 2.45) is 0 Å². The maximum absolute atomic E-state index is 13.7. The third-order valence-electron chi connectivity index (χ3n) is 5.28. The largest absolute Gasteiger partial charge is 0.479 e. The molecule has 0 spiro atoms. The molecule has 1 fully saturated rings. The van der Waals surface area contributed by atoms with Crippen LogP contribution in [0.25, 0.3) is 0 Å². The number of allylic oxidation sites excluding steroid dienone is 2. The van der Waals surface area contributed by atoms with Crippen LogP contribution in [0.3, 0.4) is 0 Å². The standard InChI is InChI=1S/C13H15F2N3O3.C7H5F2NO4/c1-17-4-2-8(3-5-17)16-13(19)9-6-11(15)12(18(20)21)7-10(9)14;8-4-3-7(9,6(11)12)2-1-5(4)10(13)14/h6-8H,2-5H2,1H3,(H,16,19);1,3H,2H2,(H,11,12). The van der Waals surface area contributed by atoms with E-state index in [2.05, 4.69) is 10.2 Å². The van der Waals surface area contributed by atoms with E-state index in [4.69, 9.17) is 5.11 Å². The van der Waals surface area contributed by atoms with Gasteiger partial charge in [0.25, 0.3) is 5.91 Å². The van der Waals surface area contributed by atoms with E-state index in [1.165, 1.54) is 0 Å². The number of carbonyl (C=O) groups is 2. The molecular formula is C20H20F4N4O7. The Balaban J connectivity index is 0.000000269. The lowest BCUT2D eigenvalue weighted by molar-refractivity contribution is -0.423. The first kappa shape index (κ1) is 27.4. The predicted molar refractivity (Wildman–Crippen MR) is 111 cm³/mol. The highest BCUT2D eigenvalue weighted by Crippen LogP contribution is 2.30. The quantitative estimate of drug-likeness (QED) is 0.352. The number of hydrogen-bond donors (Lipinski definition) is 2. The van der Waals surface area contributed by atoms with Crippen LogP contribution >= 0.6 is 0 Å². The number of carbonyl (C=O) groups excluding carboxylic acids is 1. The van der Waals surface area contributed by atoms with Crippen LogP contribution in [0.4, 0.5) is 23.2 Å². The Morgan fingerprint density at radius 3 is 2.20 bits per heavy atom. The highest BCUT2D eigenvalue weighted by molar-refractivity contribution is 5.95. The molecule has 2 N–H and O–H groups in total. The van der Waals surface area contributed by atoms with Crippen LogP contribution in [-0.4, -0.2) is 63.6 Å². The summed E-state index contributed by atoms with van der Waals surface area (Å²) >= 11 is 0. The molecule has 1 amide bonds. The predicted octanol–water partition coefficient (Wildman–Crippen LogP) is 2.89. The van der Waals surface area contributed by atoms with Crippen molar-refractivity contribution in [1.29, 1.82) is 0 Å². The molecule has 1 aliphatic carbocycles. The van der Waals surface area contributed by atoms with Crippen LogP contribution in [0.15, 0.2) is 35.8 Å². The summed E-state index contributed by atoms with van der Waals surface area (Å²) in [6.45, 7) is 1.62. The average molecular weight is 504 g/mol. The van der Waals surface area contributed by atoms with Gasteiger partial charge in [-0.25, -0.2) is 13.6 Å². The number of likely N-dealkylation sites (tertiary alicyclic amines) is 1. The number of amides is 1. The second-order valence-electron chi connectivity index (χ2n) is 7.80. The second-order valence-corrected chi connectivity index (χ2v) is 7.80. The van der Waals surface area contributed by atoms with Gasteiger partial charge < -0.3 is 15.3 Å². The maximum atomic E-state index is 13.7. The number of nitrogens with zero attached hydrogens (tertiary/aromatic N) is 3. The Labute approximate surface area is 195 Å². The number of aliphatic carboxylic acids is 1. The number of hydrogen-bond acceptors (Lipinski definition) is 7. The number of alkyl halides is 1. The summed E-state index contributed by atoms with van der Waals surface area (Å²) in [7, 11) is 1.96. The van der Waals surface area contributed by atoms with Gasteiger partial charge in [-0.1, -0.05) is 0 Å². The molecule has 1 saturated heterocycles. The lowest BCUT2D eigenvalue weighted by Crippen LogP contribution is -2.43. The van der Waals surface area contributed by atoms with Gasteiger partial charge in [-0.05, 0) is 39.0 Å². The van der Waals surface area contributed by atoms with Crippen LogP contribution in [0, 0.1) is 31.9 Å².